The summed E-state index contributed by atoms with van der Waals surface area (Å²) in [6.45, 7) is -1.88. The van der Waals surface area contributed by atoms with E-state index in [1.54, 1.807) is 0 Å². The van der Waals surface area contributed by atoms with E-state index < -0.39 is 153 Å². The zero-order chi connectivity index (χ0) is 56.3. The number of aromatic amines is 3. The van der Waals surface area contributed by atoms with E-state index >= 15 is 0 Å². The molecule has 0 radical (unpaired) electrons. The fourth-order valence-corrected chi connectivity index (χ4v) is 12.2. The van der Waals surface area contributed by atoms with Gasteiger partial charge in [-0.2, -0.15) is 19.3 Å². The van der Waals surface area contributed by atoms with E-state index in [4.69, 9.17) is 63.3 Å². The van der Waals surface area contributed by atoms with E-state index in [-0.39, 0.29) is 59.1 Å². The number of hydrogen-bond donors (Lipinski definition) is 11. The fraction of sp³-hybridized carbons (Fsp3) is 0.538. The Morgan fingerprint density at radius 1 is 0.684 bits per heavy atom. The minimum absolute atomic E-state index is 0.0213. The normalized spacial score (nSPS) is 29.5. The van der Waals surface area contributed by atoms with Crippen molar-refractivity contribution in [3.8, 4) is 0 Å². The summed E-state index contributed by atoms with van der Waals surface area (Å²) in [6.07, 6.45) is -10.8. The number of anilines is 3. The Morgan fingerprint density at radius 2 is 1.24 bits per heavy atom. The molecule has 6 aromatic rings. The van der Waals surface area contributed by atoms with Crippen molar-refractivity contribution >= 4 is 63.4 Å². The van der Waals surface area contributed by atoms with Crippen LogP contribution in [0.1, 0.15) is 56.2 Å². The van der Waals surface area contributed by atoms with Crippen LogP contribution in [0, 0.1) is 6.92 Å². The number of imidazole rings is 2. The van der Waals surface area contributed by atoms with Crippen LogP contribution in [0.15, 0.2) is 56.6 Å². The number of phosphoric acid groups is 3. The Morgan fingerprint density at radius 3 is 1.90 bits per heavy atom. The summed E-state index contributed by atoms with van der Waals surface area (Å²) < 4.78 is 102. The molecule has 0 spiro atoms. The van der Waals surface area contributed by atoms with Gasteiger partial charge >= 0.3 is 34.8 Å². The van der Waals surface area contributed by atoms with Gasteiger partial charge in [0.25, 0.3) is 11.1 Å². The van der Waals surface area contributed by atoms with Crippen LogP contribution in [-0.2, 0) is 59.8 Å². The predicted octanol–water partition coefficient (Wildman–Crippen LogP) is -2.75. The number of aromatic nitrogens is 12. The van der Waals surface area contributed by atoms with Crippen LogP contribution in [-0.4, -0.2) is 154 Å². The number of aryl methyl sites for hydroxylation is 1. The van der Waals surface area contributed by atoms with Gasteiger partial charge in [-0.3, -0.25) is 60.4 Å². The van der Waals surface area contributed by atoms with Crippen molar-refractivity contribution in [2.45, 2.75) is 106 Å². The third-order valence-corrected chi connectivity index (χ3v) is 16.1. The van der Waals surface area contributed by atoms with Crippen LogP contribution in [0.5, 0.6) is 0 Å². The number of nitrogens with zero attached hydrogens (tertiary/aromatic N) is 9. The third kappa shape index (κ3) is 12.2. The molecule has 3 unspecified atom stereocenters. The molecule has 0 amide bonds. The number of aliphatic hydroxyl groups is 2. The Labute approximate surface area is 439 Å². The summed E-state index contributed by atoms with van der Waals surface area (Å²) in [6, 6.07) is 1.30. The first-order valence-corrected chi connectivity index (χ1v) is 28.2. The number of hydrogen-bond acceptors (Lipinski definition) is 27. The van der Waals surface area contributed by atoms with Crippen LogP contribution in [0.2, 0.25) is 0 Å². The lowest BCUT2D eigenvalue weighted by Crippen LogP contribution is -2.54. The first kappa shape index (κ1) is 56.2. The number of nitrogen functional groups attached to an aromatic ring is 3. The molecule has 79 heavy (non-hydrogen) atoms. The van der Waals surface area contributed by atoms with E-state index in [1.165, 1.54) is 47.2 Å². The molecule has 14 N–H and O–H groups in total. The van der Waals surface area contributed by atoms with Crippen molar-refractivity contribution in [2.24, 2.45) is 0 Å². The second-order valence-corrected chi connectivity index (χ2v) is 22.6. The van der Waals surface area contributed by atoms with Crippen LogP contribution >= 0.6 is 23.5 Å². The minimum Gasteiger partial charge on any atom is -0.394 e. The lowest BCUT2D eigenvalue weighted by atomic mass is 10.2. The highest BCUT2D eigenvalue weighted by Crippen LogP contribution is 2.53. The lowest BCUT2D eigenvalue weighted by Gasteiger charge is -2.25. The van der Waals surface area contributed by atoms with Crippen LogP contribution in [0.25, 0.3) is 22.3 Å². The SMILES string of the molecule is Cc1cn([C@H]2C[C@H](OP(=O)(O)OC[C@H]3O[C@@H]([n+]4ccc(N)[nH]c4=O)C[C@@H]3OP(=O)(O)OC[C@H]3O[C@@H](n4cnc5c(=O)[nH]c(N)nc54)C[C@@H]3OP(=O)(O)OC[C@H]3O[C@@H](n4cnc5c(N)ncnc54)C[C@@H]3O)[C@@H](CO)O2)c(=O)[nH]c1=O. The molecule has 10 heterocycles. The number of nitrogens with one attached hydrogen (secondary N) is 3. The van der Waals surface area contributed by atoms with Crippen molar-refractivity contribution in [2.75, 3.05) is 43.6 Å². The molecule has 6 aromatic heterocycles. The van der Waals surface area contributed by atoms with Crippen molar-refractivity contribution in [1.29, 1.82) is 0 Å². The van der Waals surface area contributed by atoms with Gasteiger partial charge in [-0.1, -0.05) is 0 Å². The topological polar surface area (TPSA) is 521 Å². The van der Waals surface area contributed by atoms with Gasteiger partial charge in [-0.05, 0) is 6.92 Å². The molecule has 428 valence electrons. The van der Waals surface area contributed by atoms with Gasteiger partial charge in [-0.25, -0.2) is 38.4 Å². The Kier molecular flexibility index (Phi) is 15.7. The fourth-order valence-electron chi connectivity index (χ4n) is 9.27. The zero-order valence-corrected chi connectivity index (χ0v) is 43.5. The number of nitrogens with two attached hydrogens (primary N) is 3. The maximum absolute atomic E-state index is 13.9. The van der Waals surface area contributed by atoms with E-state index in [2.05, 4.69) is 39.9 Å². The zero-order valence-electron chi connectivity index (χ0n) is 40.8. The van der Waals surface area contributed by atoms with E-state index in [9.17, 15) is 57.8 Å². The summed E-state index contributed by atoms with van der Waals surface area (Å²) in [5.41, 5.74) is 14.8. The number of rotatable bonds is 20. The largest absolute Gasteiger partial charge is 0.499 e. The van der Waals surface area contributed by atoms with Crippen molar-refractivity contribution in [3.63, 3.8) is 0 Å². The summed E-state index contributed by atoms with van der Waals surface area (Å²) in [7, 11) is -15.7. The lowest BCUT2D eigenvalue weighted by molar-refractivity contribution is -0.773. The first-order chi connectivity index (χ1) is 37.4. The van der Waals surface area contributed by atoms with Gasteiger partial charge in [0.15, 0.2) is 28.4 Å². The molecule has 37 nitrogen and oxygen atoms in total. The number of aliphatic hydroxyl groups excluding tert-OH is 2. The number of phosphoric ester groups is 3. The molecule has 0 bridgehead atoms. The maximum Gasteiger partial charge on any atom is 0.499 e. The van der Waals surface area contributed by atoms with Crippen molar-refractivity contribution < 1.29 is 89.2 Å². The molecular weight excluding hydrogens is 1120 g/mol. The molecule has 40 heteroatoms. The second kappa shape index (κ2) is 22.1. The molecule has 15 atom stereocenters. The number of fused-ring (bicyclic) bond motifs is 2. The Bertz CT molecular complexity index is 3650. The quantitative estimate of drug-likeness (QED) is 0.0273. The third-order valence-electron chi connectivity index (χ3n) is 13.1. The van der Waals surface area contributed by atoms with Crippen LogP contribution in [0.3, 0.4) is 0 Å². The van der Waals surface area contributed by atoms with Crippen LogP contribution < -0.4 is 44.3 Å². The van der Waals surface area contributed by atoms with Gasteiger partial charge in [0, 0.05) is 43.5 Å². The molecular formula is C39H51N15O22P3+. The monoisotopic (exact) mass is 1170 g/mol. The van der Waals surface area contributed by atoms with Gasteiger partial charge in [-0.15, -0.1) is 0 Å². The molecule has 4 aliphatic rings. The number of H-pyrrole nitrogens is 3. The van der Waals surface area contributed by atoms with Crippen molar-refractivity contribution in [3.05, 3.63) is 84.7 Å². The molecule has 0 aliphatic carbocycles. The van der Waals surface area contributed by atoms with Crippen molar-refractivity contribution in [1.82, 2.24) is 53.6 Å². The van der Waals surface area contributed by atoms with E-state index in [0.29, 0.717) is 5.65 Å². The average Bonchev–Trinajstić information content (AvgIpc) is 4.41. The predicted molar refractivity (Wildman–Crippen MR) is 259 cm³/mol. The second-order valence-electron chi connectivity index (χ2n) is 18.4. The number of ether oxygens (including phenoxy) is 4. The molecule has 10 rings (SSSR count). The summed E-state index contributed by atoms with van der Waals surface area (Å²) in [5.74, 6) is -0.228. The van der Waals surface area contributed by atoms with Gasteiger partial charge in [0.2, 0.25) is 12.2 Å². The smallest absolute Gasteiger partial charge is 0.394 e. The summed E-state index contributed by atoms with van der Waals surface area (Å²) in [4.78, 5) is 111. The maximum atomic E-state index is 13.9. The highest BCUT2D eigenvalue weighted by Gasteiger charge is 2.49. The molecule has 0 aromatic carbocycles. The molecule has 4 aliphatic heterocycles. The minimum atomic E-state index is -5.37. The van der Waals surface area contributed by atoms with Gasteiger partial charge in [0.05, 0.1) is 45.2 Å². The standard InChI is InChI=1S/C39H50N15O22P3/c1-16-8-52(39(60)50-35(16)57)28-5-18(21(9-55)70-28)74-78(63,64)68-11-23-19(6-27(72-23)51-3-2-25(40)47-38(51)59)75-79(65,66)69-12-24-20(7-29(73-24)54-15-46-31-34(54)48-37(42)49-36(31)58)76-77(61,62)67-10-22-17(56)4-26(71-22)53-14-45-30-32(41)43-13-44-33(30)53/h2-3,8,13-15,17-24,26-29,55-56H,4-7,9-12H2,1H3,(H11,40,41,42,43,44,47,48,49,50,57,58,59,60,61,62,63,64,65,66)/p+1/t17-,18-,19-,20-,21+,22+,23+,24+,26+,27+,28+,29+/m0/s1. The molecule has 0 saturated carbocycles. The first-order valence-electron chi connectivity index (χ1n) is 23.7. The highest BCUT2D eigenvalue weighted by atomic mass is 31.2. The highest BCUT2D eigenvalue weighted by molar-refractivity contribution is 7.48. The van der Waals surface area contributed by atoms with Gasteiger partial charge < -0.3 is 61.0 Å². The molecule has 4 fully saturated rings. The van der Waals surface area contributed by atoms with Gasteiger partial charge in [0.1, 0.15) is 79.5 Å². The van der Waals surface area contributed by atoms with E-state index in [1.807, 2.05) is 0 Å². The van der Waals surface area contributed by atoms with E-state index in [0.717, 1.165) is 15.5 Å². The average molecular weight is 1170 g/mol. The Hall–Kier alpha value is -6.05. The van der Waals surface area contributed by atoms with Crippen LogP contribution in [0.4, 0.5) is 17.6 Å². The summed E-state index contributed by atoms with van der Waals surface area (Å²) >= 11 is 0. The summed E-state index contributed by atoms with van der Waals surface area (Å²) in [5, 5.41) is 20.9. The Balaban J connectivity index is 0.829. The molecule has 4 saturated heterocycles.